The number of nitrogens with one attached hydrogen (secondary N) is 1. The fourth-order valence-corrected chi connectivity index (χ4v) is 2.63. The highest BCUT2D eigenvalue weighted by Gasteiger charge is 2.23. The Morgan fingerprint density at radius 1 is 1.11 bits per heavy atom. The quantitative estimate of drug-likeness (QED) is 0.903. The molecule has 0 saturated carbocycles. The molecule has 2 rings (SSSR count). The van der Waals surface area contributed by atoms with Gasteiger partial charge in [-0.3, -0.25) is 9.69 Å². The molecule has 1 saturated heterocycles. The first-order chi connectivity index (χ1) is 9.18. The van der Waals surface area contributed by atoms with Crippen LogP contribution in [0.15, 0.2) is 30.3 Å². The third kappa shape index (κ3) is 3.80. The zero-order chi connectivity index (χ0) is 13.7. The predicted molar refractivity (Wildman–Crippen MR) is 77.9 cm³/mol. The van der Waals surface area contributed by atoms with Crippen molar-refractivity contribution in [3.63, 3.8) is 0 Å². The molecule has 0 bridgehead atoms. The highest BCUT2D eigenvalue weighted by Crippen LogP contribution is 2.15. The number of hydrogen-bond donors (Lipinski definition) is 1. The Labute approximate surface area is 116 Å². The van der Waals surface area contributed by atoms with Crippen molar-refractivity contribution in [1.82, 2.24) is 10.2 Å². The van der Waals surface area contributed by atoms with E-state index in [-0.39, 0.29) is 18.0 Å². The van der Waals surface area contributed by atoms with Gasteiger partial charge >= 0.3 is 0 Å². The van der Waals surface area contributed by atoms with Gasteiger partial charge in [0.15, 0.2) is 0 Å². The molecule has 0 radical (unpaired) electrons. The molecule has 1 aromatic rings. The fourth-order valence-electron chi connectivity index (χ4n) is 2.63. The van der Waals surface area contributed by atoms with Gasteiger partial charge in [-0.15, -0.1) is 0 Å². The molecule has 19 heavy (non-hydrogen) atoms. The van der Waals surface area contributed by atoms with Crippen LogP contribution in [0.3, 0.4) is 0 Å². The predicted octanol–water partition coefficient (Wildman–Crippen LogP) is 2.74. The first-order valence-corrected chi connectivity index (χ1v) is 7.28. The molecule has 0 spiro atoms. The topological polar surface area (TPSA) is 32.3 Å². The van der Waals surface area contributed by atoms with Crippen LogP contribution in [0.5, 0.6) is 0 Å². The summed E-state index contributed by atoms with van der Waals surface area (Å²) in [6.07, 6.45) is 3.73. The number of carbonyl (C=O) groups is 1. The monoisotopic (exact) mass is 260 g/mol. The Bertz CT molecular complexity index is 398. The molecule has 0 unspecified atom stereocenters. The molecule has 1 amide bonds. The smallest absolute Gasteiger partial charge is 0.237 e. The summed E-state index contributed by atoms with van der Waals surface area (Å²) in [6.45, 7) is 6.15. The van der Waals surface area contributed by atoms with E-state index in [1.54, 1.807) is 0 Å². The first kappa shape index (κ1) is 14.1. The van der Waals surface area contributed by atoms with Crippen LogP contribution in [-0.2, 0) is 4.79 Å². The van der Waals surface area contributed by atoms with Crippen molar-refractivity contribution >= 4 is 5.91 Å². The van der Waals surface area contributed by atoms with Crippen LogP contribution in [-0.4, -0.2) is 29.9 Å². The molecule has 0 aliphatic carbocycles. The van der Waals surface area contributed by atoms with Crippen LogP contribution in [0.25, 0.3) is 0 Å². The fraction of sp³-hybridized carbons (Fsp3) is 0.562. The molecule has 0 aromatic heterocycles. The summed E-state index contributed by atoms with van der Waals surface area (Å²) in [5.41, 5.74) is 1.15. The average molecular weight is 260 g/mol. The van der Waals surface area contributed by atoms with Gasteiger partial charge < -0.3 is 5.32 Å². The van der Waals surface area contributed by atoms with Gasteiger partial charge in [-0.2, -0.15) is 0 Å². The molecule has 1 fully saturated rings. The van der Waals surface area contributed by atoms with Crippen molar-refractivity contribution in [2.45, 2.75) is 45.2 Å². The molecule has 1 heterocycles. The van der Waals surface area contributed by atoms with Gasteiger partial charge in [0, 0.05) is 0 Å². The van der Waals surface area contributed by atoms with E-state index >= 15 is 0 Å². The van der Waals surface area contributed by atoms with Gasteiger partial charge in [-0.25, -0.2) is 0 Å². The third-order valence-electron chi connectivity index (χ3n) is 3.98. The molecular weight excluding hydrogens is 236 g/mol. The van der Waals surface area contributed by atoms with E-state index in [4.69, 9.17) is 0 Å². The Morgan fingerprint density at radius 3 is 2.37 bits per heavy atom. The zero-order valence-electron chi connectivity index (χ0n) is 11.9. The highest BCUT2D eigenvalue weighted by atomic mass is 16.2. The van der Waals surface area contributed by atoms with Crippen LogP contribution >= 0.6 is 0 Å². The Hall–Kier alpha value is -1.35. The number of likely N-dealkylation sites (tertiary alicyclic amines) is 1. The summed E-state index contributed by atoms with van der Waals surface area (Å²) in [5, 5.41) is 3.11. The van der Waals surface area contributed by atoms with E-state index < -0.39 is 0 Å². The maximum absolute atomic E-state index is 12.3. The van der Waals surface area contributed by atoms with E-state index in [0.29, 0.717) is 0 Å². The lowest BCUT2D eigenvalue weighted by Gasteiger charge is -2.32. The number of benzene rings is 1. The van der Waals surface area contributed by atoms with E-state index in [2.05, 4.69) is 22.3 Å². The van der Waals surface area contributed by atoms with Crippen molar-refractivity contribution in [3.8, 4) is 0 Å². The molecule has 2 atom stereocenters. The SMILES string of the molecule is C[C@H](NC(=O)[C@H](C)N1CCCCC1)c1ccccc1. The third-order valence-corrected chi connectivity index (χ3v) is 3.98. The number of rotatable bonds is 4. The van der Waals surface area contributed by atoms with Crippen LogP contribution in [0, 0.1) is 0 Å². The summed E-state index contributed by atoms with van der Waals surface area (Å²) in [6, 6.07) is 10.2. The minimum Gasteiger partial charge on any atom is -0.348 e. The number of hydrogen-bond acceptors (Lipinski definition) is 2. The largest absolute Gasteiger partial charge is 0.348 e. The van der Waals surface area contributed by atoms with E-state index in [1.807, 2.05) is 32.0 Å². The van der Waals surface area contributed by atoms with E-state index in [9.17, 15) is 4.79 Å². The number of piperidine rings is 1. The minimum atomic E-state index is -0.0218. The molecule has 104 valence electrons. The lowest BCUT2D eigenvalue weighted by atomic mass is 10.1. The van der Waals surface area contributed by atoms with E-state index in [1.165, 1.54) is 19.3 Å². The maximum Gasteiger partial charge on any atom is 0.237 e. The Kier molecular flexibility index (Phi) is 4.97. The highest BCUT2D eigenvalue weighted by molar-refractivity contribution is 5.81. The summed E-state index contributed by atoms with van der Waals surface area (Å²) in [7, 11) is 0. The second kappa shape index (κ2) is 6.71. The van der Waals surface area contributed by atoms with Crippen molar-refractivity contribution in [2.75, 3.05) is 13.1 Å². The van der Waals surface area contributed by atoms with Crippen molar-refractivity contribution < 1.29 is 4.79 Å². The number of amides is 1. The van der Waals surface area contributed by atoms with Gasteiger partial charge in [0.2, 0.25) is 5.91 Å². The first-order valence-electron chi connectivity index (χ1n) is 7.28. The van der Waals surface area contributed by atoms with Crippen molar-refractivity contribution in [2.24, 2.45) is 0 Å². The van der Waals surface area contributed by atoms with Crippen LogP contribution in [0.2, 0.25) is 0 Å². The molecule has 3 heteroatoms. The second-order valence-electron chi connectivity index (χ2n) is 5.41. The molecule has 1 N–H and O–H groups in total. The van der Waals surface area contributed by atoms with Crippen LogP contribution in [0.1, 0.15) is 44.7 Å². The van der Waals surface area contributed by atoms with Crippen LogP contribution < -0.4 is 5.32 Å². The van der Waals surface area contributed by atoms with Gasteiger partial charge in [-0.05, 0) is 45.3 Å². The standard InChI is InChI=1S/C16H24N2O/c1-13(15-9-5-3-6-10-15)17-16(19)14(2)18-11-7-4-8-12-18/h3,5-6,9-10,13-14H,4,7-8,11-12H2,1-2H3,(H,17,19)/t13-,14-/m0/s1. The second-order valence-corrected chi connectivity index (χ2v) is 5.41. The molecular formula is C16H24N2O. The van der Waals surface area contributed by atoms with Crippen molar-refractivity contribution in [1.29, 1.82) is 0 Å². The molecule has 3 nitrogen and oxygen atoms in total. The number of carbonyl (C=O) groups excluding carboxylic acids is 1. The van der Waals surface area contributed by atoms with Gasteiger partial charge in [0.05, 0.1) is 12.1 Å². The summed E-state index contributed by atoms with van der Waals surface area (Å²) < 4.78 is 0. The van der Waals surface area contributed by atoms with E-state index in [0.717, 1.165) is 18.7 Å². The summed E-state index contributed by atoms with van der Waals surface area (Å²) in [5.74, 6) is 0.137. The summed E-state index contributed by atoms with van der Waals surface area (Å²) in [4.78, 5) is 14.6. The lowest BCUT2D eigenvalue weighted by molar-refractivity contribution is -0.126. The van der Waals surface area contributed by atoms with Crippen molar-refractivity contribution in [3.05, 3.63) is 35.9 Å². The molecule has 1 aliphatic heterocycles. The average Bonchev–Trinajstić information content (AvgIpc) is 2.48. The lowest BCUT2D eigenvalue weighted by Crippen LogP contribution is -2.47. The van der Waals surface area contributed by atoms with Crippen LogP contribution in [0.4, 0.5) is 0 Å². The maximum atomic E-state index is 12.3. The molecule has 1 aromatic carbocycles. The van der Waals surface area contributed by atoms with Gasteiger partial charge in [-0.1, -0.05) is 36.8 Å². The zero-order valence-corrected chi connectivity index (χ0v) is 11.9. The Balaban J connectivity index is 1.89. The van der Waals surface area contributed by atoms with Gasteiger partial charge in [0.1, 0.15) is 0 Å². The number of nitrogens with zero attached hydrogens (tertiary/aromatic N) is 1. The summed E-state index contributed by atoms with van der Waals surface area (Å²) >= 11 is 0. The normalized spacial score (nSPS) is 19.7. The Morgan fingerprint density at radius 2 is 1.74 bits per heavy atom. The minimum absolute atomic E-state index is 0.0218. The van der Waals surface area contributed by atoms with Gasteiger partial charge in [0.25, 0.3) is 0 Å². The molecule has 1 aliphatic rings.